The Labute approximate surface area is 89.3 Å². The molecule has 0 heterocycles. The highest BCUT2D eigenvalue weighted by Gasteiger charge is 2.23. The second-order valence-electron chi connectivity index (χ2n) is 2.94. The summed E-state index contributed by atoms with van der Waals surface area (Å²) in [5.74, 6) is -1.09. The molecule has 0 atom stereocenters. The molecule has 0 radical (unpaired) electrons. The quantitative estimate of drug-likeness (QED) is 0.448. The molecular weight excluding hydrogens is 219 g/mol. The van der Waals surface area contributed by atoms with Crippen molar-refractivity contribution in [1.82, 2.24) is 0 Å². The van der Waals surface area contributed by atoms with Gasteiger partial charge in [0, 0.05) is 5.56 Å². The summed E-state index contributed by atoms with van der Waals surface area (Å²) < 4.78 is 13.2. The van der Waals surface area contributed by atoms with Crippen LogP contribution in [0, 0.1) is 26.0 Å². The Hall–Kier alpha value is -2.31. The summed E-state index contributed by atoms with van der Waals surface area (Å²) in [6.45, 7) is 3.36. The number of rotatable bonds is 4. The molecule has 0 aliphatic rings. The van der Waals surface area contributed by atoms with Crippen molar-refractivity contribution < 1.29 is 14.2 Å². The number of allylic oxidation sites excluding steroid dienone is 1. The third kappa shape index (κ3) is 2.19. The lowest BCUT2D eigenvalue weighted by Gasteiger charge is -2.00. The van der Waals surface area contributed by atoms with Crippen LogP contribution in [0.3, 0.4) is 0 Å². The molecule has 0 unspecified atom stereocenters. The van der Waals surface area contributed by atoms with E-state index in [-0.39, 0.29) is 12.0 Å². The van der Waals surface area contributed by atoms with Gasteiger partial charge in [-0.25, -0.2) is 0 Å². The van der Waals surface area contributed by atoms with Gasteiger partial charge in [0.15, 0.2) is 0 Å². The van der Waals surface area contributed by atoms with Crippen molar-refractivity contribution in [1.29, 1.82) is 0 Å². The van der Waals surface area contributed by atoms with Crippen molar-refractivity contribution >= 4 is 11.4 Å². The fourth-order valence-corrected chi connectivity index (χ4v) is 1.22. The highest BCUT2D eigenvalue weighted by Crippen LogP contribution is 2.28. The first-order valence-corrected chi connectivity index (χ1v) is 4.19. The van der Waals surface area contributed by atoms with Crippen LogP contribution in [0.15, 0.2) is 24.8 Å². The van der Waals surface area contributed by atoms with Crippen LogP contribution in [0.5, 0.6) is 0 Å². The van der Waals surface area contributed by atoms with E-state index in [0.29, 0.717) is 6.07 Å². The average molecular weight is 226 g/mol. The van der Waals surface area contributed by atoms with Crippen molar-refractivity contribution in [2.75, 3.05) is 0 Å². The van der Waals surface area contributed by atoms with Gasteiger partial charge in [0.25, 0.3) is 5.69 Å². The highest BCUT2D eigenvalue weighted by atomic mass is 19.1. The smallest absolute Gasteiger partial charge is 0.258 e. The van der Waals surface area contributed by atoms with Gasteiger partial charge in [0.2, 0.25) is 5.82 Å². The molecule has 0 bridgehead atoms. The van der Waals surface area contributed by atoms with Crippen LogP contribution in [0.2, 0.25) is 0 Å². The number of hydrogen-bond donors (Lipinski definition) is 0. The second kappa shape index (κ2) is 4.47. The third-order valence-corrected chi connectivity index (χ3v) is 1.91. The van der Waals surface area contributed by atoms with Crippen molar-refractivity contribution in [3.8, 4) is 0 Å². The van der Waals surface area contributed by atoms with Crippen molar-refractivity contribution in [2.45, 2.75) is 6.42 Å². The Morgan fingerprint density at radius 2 is 1.81 bits per heavy atom. The number of halogens is 1. The molecule has 0 N–H and O–H groups in total. The summed E-state index contributed by atoms with van der Waals surface area (Å²) in [4.78, 5) is 19.2. The predicted molar refractivity (Wildman–Crippen MR) is 53.6 cm³/mol. The Kier molecular flexibility index (Phi) is 3.29. The fourth-order valence-electron chi connectivity index (χ4n) is 1.22. The first-order valence-electron chi connectivity index (χ1n) is 4.19. The lowest BCUT2D eigenvalue weighted by atomic mass is 10.1. The molecule has 1 aromatic rings. The Morgan fingerprint density at radius 3 is 2.25 bits per heavy atom. The summed E-state index contributed by atoms with van der Waals surface area (Å²) in [5.41, 5.74) is -1.32. The van der Waals surface area contributed by atoms with E-state index >= 15 is 0 Å². The van der Waals surface area contributed by atoms with E-state index in [4.69, 9.17) is 0 Å². The summed E-state index contributed by atoms with van der Waals surface area (Å²) in [6.07, 6.45) is 1.43. The Balaban J connectivity index is 3.42. The van der Waals surface area contributed by atoms with E-state index in [1.54, 1.807) is 0 Å². The number of benzene rings is 1. The molecule has 0 aliphatic carbocycles. The van der Waals surface area contributed by atoms with Crippen LogP contribution in [0.1, 0.15) is 5.56 Å². The van der Waals surface area contributed by atoms with Gasteiger partial charge >= 0.3 is 5.69 Å². The maximum atomic E-state index is 13.2. The van der Waals surface area contributed by atoms with Crippen LogP contribution in [0.25, 0.3) is 0 Å². The molecule has 0 aromatic heterocycles. The highest BCUT2D eigenvalue weighted by molar-refractivity contribution is 5.50. The largest absolute Gasteiger partial charge is 0.311 e. The van der Waals surface area contributed by atoms with E-state index in [0.717, 1.165) is 6.07 Å². The number of nitro benzene ring substituents is 2. The minimum Gasteiger partial charge on any atom is -0.258 e. The first kappa shape index (κ1) is 11.8. The van der Waals surface area contributed by atoms with Gasteiger partial charge in [-0.15, -0.1) is 6.58 Å². The number of hydrogen-bond acceptors (Lipinski definition) is 4. The molecule has 0 saturated carbocycles. The standard InChI is InChI=1S/C9H7FN2O4/c1-2-3-6-4-7(10)9(12(15)16)5-8(6)11(13)14/h2,4-5H,1,3H2. The molecular formula is C9H7FN2O4. The predicted octanol–water partition coefficient (Wildman–Crippen LogP) is 2.37. The molecule has 16 heavy (non-hydrogen) atoms. The number of nitrogens with zero attached hydrogens (tertiary/aromatic N) is 2. The first-order chi connectivity index (χ1) is 7.47. The zero-order valence-electron chi connectivity index (χ0n) is 8.05. The van der Waals surface area contributed by atoms with Gasteiger partial charge < -0.3 is 0 Å². The van der Waals surface area contributed by atoms with E-state index in [1.165, 1.54) is 6.08 Å². The fraction of sp³-hybridized carbons (Fsp3) is 0.111. The Morgan fingerprint density at radius 1 is 1.25 bits per heavy atom. The van der Waals surface area contributed by atoms with Gasteiger partial charge in [-0.05, 0) is 12.5 Å². The maximum absolute atomic E-state index is 13.2. The molecule has 1 rings (SSSR count). The minimum atomic E-state index is -1.09. The molecule has 6 nitrogen and oxygen atoms in total. The monoisotopic (exact) mass is 226 g/mol. The normalized spacial score (nSPS) is 9.81. The lowest BCUT2D eigenvalue weighted by Crippen LogP contribution is -2.00. The van der Waals surface area contributed by atoms with Gasteiger partial charge in [-0.2, -0.15) is 4.39 Å². The van der Waals surface area contributed by atoms with Crippen LogP contribution in [-0.2, 0) is 6.42 Å². The number of nitro groups is 2. The zero-order valence-corrected chi connectivity index (χ0v) is 8.05. The van der Waals surface area contributed by atoms with Crippen LogP contribution >= 0.6 is 0 Å². The van der Waals surface area contributed by atoms with Crippen molar-refractivity contribution in [3.63, 3.8) is 0 Å². The zero-order chi connectivity index (χ0) is 12.3. The molecule has 0 amide bonds. The van der Waals surface area contributed by atoms with Crippen LogP contribution < -0.4 is 0 Å². The lowest BCUT2D eigenvalue weighted by molar-refractivity contribution is -0.396. The van der Waals surface area contributed by atoms with Gasteiger partial charge in [0.1, 0.15) is 0 Å². The van der Waals surface area contributed by atoms with Gasteiger partial charge in [-0.3, -0.25) is 20.2 Å². The third-order valence-electron chi connectivity index (χ3n) is 1.91. The molecule has 0 fully saturated rings. The second-order valence-corrected chi connectivity index (χ2v) is 2.94. The average Bonchev–Trinajstić information content (AvgIpc) is 2.17. The summed E-state index contributed by atoms with van der Waals surface area (Å²) in [5, 5.41) is 21.0. The molecule has 0 spiro atoms. The Bertz CT molecular complexity index is 473. The maximum Gasteiger partial charge on any atom is 0.311 e. The molecule has 0 aliphatic heterocycles. The minimum absolute atomic E-state index is 0.0584. The van der Waals surface area contributed by atoms with Crippen LogP contribution in [-0.4, -0.2) is 9.85 Å². The van der Waals surface area contributed by atoms with Crippen molar-refractivity contribution in [2.24, 2.45) is 0 Å². The topological polar surface area (TPSA) is 86.3 Å². The summed E-state index contributed by atoms with van der Waals surface area (Å²) in [6, 6.07) is 1.41. The van der Waals surface area contributed by atoms with E-state index in [9.17, 15) is 24.6 Å². The SMILES string of the molecule is C=CCc1cc(F)c([N+](=O)[O-])cc1[N+](=O)[O-]. The van der Waals surface area contributed by atoms with Gasteiger partial charge in [0.05, 0.1) is 15.9 Å². The molecule has 0 saturated heterocycles. The molecule has 84 valence electrons. The molecule has 1 aromatic carbocycles. The van der Waals surface area contributed by atoms with Crippen LogP contribution in [0.4, 0.5) is 15.8 Å². The van der Waals surface area contributed by atoms with E-state index in [2.05, 4.69) is 6.58 Å². The van der Waals surface area contributed by atoms with E-state index in [1.807, 2.05) is 0 Å². The summed E-state index contributed by atoms with van der Waals surface area (Å²) >= 11 is 0. The molecule has 7 heteroatoms. The van der Waals surface area contributed by atoms with Gasteiger partial charge in [-0.1, -0.05) is 6.08 Å². The van der Waals surface area contributed by atoms with E-state index < -0.39 is 27.0 Å². The summed E-state index contributed by atoms with van der Waals surface area (Å²) in [7, 11) is 0. The van der Waals surface area contributed by atoms with Crippen molar-refractivity contribution in [3.05, 3.63) is 56.4 Å².